The van der Waals surface area contributed by atoms with Crippen LogP contribution in [0.25, 0.3) is 0 Å². The van der Waals surface area contributed by atoms with Gasteiger partial charge < -0.3 is 14.6 Å². The van der Waals surface area contributed by atoms with Gasteiger partial charge in [0, 0.05) is 12.0 Å². The molecule has 7 heteroatoms. The molecule has 170 valence electrons. The van der Waals surface area contributed by atoms with Crippen molar-refractivity contribution in [3.8, 4) is 11.5 Å². The lowest BCUT2D eigenvalue weighted by atomic mass is 9.47. The van der Waals surface area contributed by atoms with E-state index in [-0.39, 0.29) is 5.69 Å². The minimum atomic E-state index is -1.66. The number of methoxy groups -OCH3 is 2. The Kier molecular flexibility index (Phi) is 4.18. The fraction of sp³-hybridized carbons (Fsp3) is 0.222. The summed E-state index contributed by atoms with van der Waals surface area (Å²) >= 11 is 0. The SMILES string of the molecule is COc1ccc(N2C(=O)C3C4c5ccccc5C(C(=O)O)(c5ccccc54)C3C2=O)c(OC)c1. The number of hydrogen-bond acceptors (Lipinski definition) is 5. The maximum atomic E-state index is 14.0. The first-order chi connectivity index (χ1) is 16.5. The first-order valence-electron chi connectivity index (χ1n) is 11.0. The number of carboxylic acids is 1. The number of anilines is 1. The van der Waals surface area contributed by atoms with E-state index < -0.39 is 41.0 Å². The van der Waals surface area contributed by atoms with Crippen LogP contribution in [0.4, 0.5) is 5.69 Å². The van der Waals surface area contributed by atoms with Gasteiger partial charge in [-0.05, 0) is 34.4 Å². The van der Waals surface area contributed by atoms with Gasteiger partial charge >= 0.3 is 5.97 Å². The van der Waals surface area contributed by atoms with Gasteiger partial charge in [0.15, 0.2) is 0 Å². The topological polar surface area (TPSA) is 93.1 Å². The van der Waals surface area contributed by atoms with Crippen molar-refractivity contribution < 1.29 is 29.0 Å². The van der Waals surface area contributed by atoms with E-state index in [1.807, 2.05) is 24.3 Å². The molecule has 7 rings (SSSR count). The fourth-order valence-corrected chi connectivity index (χ4v) is 6.34. The maximum Gasteiger partial charge on any atom is 0.319 e. The molecule has 4 aliphatic rings. The maximum absolute atomic E-state index is 14.0. The Morgan fingerprint density at radius 3 is 2.06 bits per heavy atom. The highest BCUT2D eigenvalue weighted by atomic mass is 16.5. The fourth-order valence-electron chi connectivity index (χ4n) is 6.34. The van der Waals surface area contributed by atoms with E-state index in [1.165, 1.54) is 14.2 Å². The Morgan fingerprint density at radius 1 is 0.882 bits per heavy atom. The van der Waals surface area contributed by atoms with E-state index in [2.05, 4.69) is 0 Å². The van der Waals surface area contributed by atoms with Crippen molar-refractivity contribution in [1.82, 2.24) is 0 Å². The molecule has 3 aromatic carbocycles. The van der Waals surface area contributed by atoms with Crippen LogP contribution in [0.2, 0.25) is 0 Å². The Balaban J connectivity index is 1.63. The summed E-state index contributed by atoms with van der Waals surface area (Å²) in [4.78, 5) is 42.3. The van der Waals surface area contributed by atoms with E-state index in [0.29, 0.717) is 22.6 Å². The molecule has 0 radical (unpaired) electrons. The average Bonchev–Trinajstić information content (AvgIpc) is 3.13. The van der Waals surface area contributed by atoms with Gasteiger partial charge in [0.05, 0.1) is 31.7 Å². The predicted molar refractivity (Wildman–Crippen MR) is 122 cm³/mol. The van der Waals surface area contributed by atoms with Crippen LogP contribution in [0.1, 0.15) is 28.2 Å². The van der Waals surface area contributed by atoms with Gasteiger partial charge in [-0.3, -0.25) is 14.4 Å². The zero-order valence-electron chi connectivity index (χ0n) is 18.5. The number of ether oxygens (including phenoxy) is 2. The number of amides is 2. The molecule has 7 nitrogen and oxygen atoms in total. The molecule has 3 aromatic rings. The largest absolute Gasteiger partial charge is 0.497 e. The van der Waals surface area contributed by atoms with Crippen molar-refractivity contribution >= 4 is 23.5 Å². The van der Waals surface area contributed by atoms with Crippen molar-refractivity contribution in [3.05, 3.63) is 89.0 Å². The van der Waals surface area contributed by atoms with Gasteiger partial charge in [0.2, 0.25) is 11.8 Å². The number of nitrogens with zero attached hydrogens (tertiary/aromatic N) is 1. The summed E-state index contributed by atoms with van der Waals surface area (Å²) in [6, 6.07) is 19.4. The highest BCUT2D eigenvalue weighted by molar-refractivity contribution is 6.25. The monoisotopic (exact) mass is 455 g/mol. The summed E-state index contributed by atoms with van der Waals surface area (Å²) in [5, 5.41) is 10.8. The minimum Gasteiger partial charge on any atom is -0.497 e. The van der Waals surface area contributed by atoms with Gasteiger partial charge in [-0.15, -0.1) is 0 Å². The van der Waals surface area contributed by atoms with Crippen LogP contribution in [0.15, 0.2) is 66.7 Å². The second-order valence-electron chi connectivity index (χ2n) is 8.82. The summed E-state index contributed by atoms with van der Waals surface area (Å²) in [7, 11) is 2.96. The minimum absolute atomic E-state index is 0.278. The number of aliphatic carboxylic acids is 1. The van der Waals surface area contributed by atoms with Crippen molar-refractivity contribution in [3.63, 3.8) is 0 Å². The number of carboxylic acid groups (broad SMARTS) is 1. The summed E-state index contributed by atoms with van der Waals surface area (Å²) in [6.07, 6.45) is 0. The van der Waals surface area contributed by atoms with Gasteiger partial charge in [-0.2, -0.15) is 0 Å². The molecule has 1 aliphatic heterocycles. The normalized spacial score (nSPS) is 26.1. The molecule has 2 atom stereocenters. The number of carbonyl (C=O) groups is 3. The molecule has 1 heterocycles. The Morgan fingerprint density at radius 2 is 1.50 bits per heavy atom. The van der Waals surface area contributed by atoms with Crippen LogP contribution in [0.5, 0.6) is 11.5 Å². The molecular weight excluding hydrogens is 434 g/mol. The summed E-state index contributed by atoms with van der Waals surface area (Å²) in [5.41, 5.74) is 1.35. The number of benzene rings is 3. The van der Waals surface area contributed by atoms with Crippen molar-refractivity contribution in [1.29, 1.82) is 0 Å². The van der Waals surface area contributed by atoms with Crippen LogP contribution in [0, 0.1) is 11.8 Å². The predicted octanol–water partition coefficient (Wildman–Crippen LogP) is 3.34. The molecule has 1 N–H and O–H groups in total. The summed E-state index contributed by atoms with van der Waals surface area (Å²) in [6.45, 7) is 0. The molecule has 34 heavy (non-hydrogen) atoms. The lowest BCUT2D eigenvalue weighted by Gasteiger charge is -2.51. The van der Waals surface area contributed by atoms with E-state index in [4.69, 9.17) is 9.47 Å². The van der Waals surface area contributed by atoms with Gasteiger partial charge in [-0.1, -0.05) is 48.5 Å². The summed E-state index contributed by atoms with van der Waals surface area (Å²) in [5.74, 6) is -3.59. The van der Waals surface area contributed by atoms with E-state index in [1.54, 1.807) is 42.5 Å². The van der Waals surface area contributed by atoms with Gasteiger partial charge in [0.25, 0.3) is 0 Å². The molecule has 2 unspecified atom stereocenters. The molecule has 3 aliphatic carbocycles. The molecule has 0 aromatic heterocycles. The molecular formula is C27H21NO6. The first kappa shape index (κ1) is 20.5. The molecule has 1 fully saturated rings. The molecule has 1 saturated heterocycles. The van der Waals surface area contributed by atoms with Crippen molar-refractivity contribution in [2.45, 2.75) is 11.3 Å². The number of imide groups is 1. The second-order valence-corrected chi connectivity index (χ2v) is 8.82. The summed E-state index contributed by atoms with van der Waals surface area (Å²) < 4.78 is 10.7. The number of carbonyl (C=O) groups excluding carboxylic acids is 2. The van der Waals surface area contributed by atoms with Crippen molar-refractivity contribution in [2.75, 3.05) is 19.1 Å². The van der Waals surface area contributed by atoms with Gasteiger partial charge in [-0.25, -0.2) is 4.90 Å². The molecule has 2 amide bonds. The Bertz CT molecular complexity index is 1350. The zero-order valence-corrected chi connectivity index (χ0v) is 18.5. The lowest BCUT2D eigenvalue weighted by Crippen LogP contribution is -2.57. The highest BCUT2D eigenvalue weighted by Crippen LogP contribution is 2.64. The van der Waals surface area contributed by atoms with E-state index in [0.717, 1.165) is 16.0 Å². The van der Waals surface area contributed by atoms with Crippen molar-refractivity contribution in [2.24, 2.45) is 11.8 Å². The highest BCUT2D eigenvalue weighted by Gasteiger charge is 2.71. The van der Waals surface area contributed by atoms with E-state index >= 15 is 0 Å². The third-order valence-electron chi connectivity index (χ3n) is 7.58. The van der Waals surface area contributed by atoms with Crippen LogP contribution in [-0.2, 0) is 19.8 Å². The van der Waals surface area contributed by atoms with Crippen LogP contribution >= 0.6 is 0 Å². The van der Waals surface area contributed by atoms with Crippen LogP contribution in [-0.4, -0.2) is 37.1 Å². The Hall–Kier alpha value is -4.13. The number of rotatable bonds is 4. The van der Waals surface area contributed by atoms with Crippen LogP contribution < -0.4 is 14.4 Å². The molecule has 2 bridgehead atoms. The molecule has 0 spiro atoms. The second kappa shape index (κ2) is 6.93. The van der Waals surface area contributed by atoms with Crippen LogP contribution in [0.3, 0.4) is 0 Å². The average molecular weight is 455 g/mol. The smallest absolute Gasteiger partial charge is 0.319 e. The number of hydrogen-bond donors (Lipinski definition) is 1. The zero-order chi connectivity index (χ0) is 23.8. The molecule has 0 saturated carbocycles. The third-order valence-corrected chi connectivity index (χ3v) is 7.58. The quantitative estimate of drug-likeness (QED) is 0.607. The Labute approximate surface area is 195 Å². The first-order valence-corrected chi connectivity index (χ1v) is 11.0. The lowest BCUT2D eigenvalue weighted by molar-refractivity contribution is -0.149. The van der Waals surface area contributed by atoms with Gasteiger partial charge in [0.1, 0.15) is 16.9 Å². The standard InChI is InChI=1S/C27H21NO6/c1-33-14-11-12-19(20(13-14)34-2)28-24(29)22-21-15-7-3-5-9-17(15)27(26(31)32,23(22)25(28)30)18-10-6-4-8-16(18)21/h3-13,21-23H,1-2H3,(H,31,32). The van der Waals surface area contributed by atoms with E-state index in [9.17, 15) is 19.5 Å². The third kappa shape index (κ3) is 2.24.